The minimum absolute atomic E-state index is 0.0387. The van der Waals surface area contributed by atoms with Gasteiger partial charge < -0.3 is 15.5 Å². The Balaban J connectivity index is 1.47. The van der Waals surface area contributed by atoms with Crippen molar-refractivity contribution in [3.8, 4) is 0 Å². The second-order valence-corrected chi connectivity index (χ2v) is 9.52. The maximum Gasteiger partial charge on any atom is 0.254 e. The minimum Gasteiger partial charge on any atom is -0.355 e. The first-order valence-electron chi connectivity index (χ1n) is 11.4. The van der Waals surface area contributed by atoms with Gasteiger partial charge in [0.2, 0.25) is 0 Å². The molecule has 0 aliphatic carbocycles. The van der Waals surface area contributed by atoms with E-state index in [1.165, 1.54) is 0 Å². The molecule has 4 heterocycles. The number of nitrogens with zero attached hydrogens (tertiary/aromatic N) is 5. The van der Waals surface area contributed by atoms with Gasteiger partial charge in [-0.2, -0.15) is 5.10 Å². The molecule has 2 saturated heterocycles. The number of amides is 1. The van der Waals surface area contributed by atoms with E-state index in [0.717, 1.165) is 73.6 Å². The number of fused-ring (bicyclic) bond motifs is 1. The number of carbonyl (C=O) groups is 1. The predicted molar refractivity (Wildman–Crippen MR) is 126 cm³/mol. The molecule has 0 bridgehead atoms. The lowest BCUT2D eigenvalue weighted by molar-refractivity contribution is 0.0605. The van der Waals surface area contributed by atoms with Gasteiger partial charge in [0.15, 0.2) is 5.65 Å². The fraction of sp³-hybridized carbons (Fsp3) is 0.458. The summed E-state index contributed by atoms with van der Waals surface area (Å²) in [5.74, 6) is 1.02. The van der Waals surface area contributed by atoms with Crippen molar-refractivity contribution in [2.24, 2.45) is 5.73 Å². The molecule has 0 spiro atoms. The van der Waals surface area contributed by atoms with Crippen molar-refractivity contribution in [2.45, 2.75) is 51.6 Å². The predicted octanol–water partition coefficient (Wildman–Crippen LogP) is 3.90. The summed E-state index contributed by atoms with van der Waals surface area (Å²) in [4.78, 5) is 22.6. The summed E-state index contributed by atoms with van der Waals surface area (Å²) in [5.41, 5.74) is 10.5. The van der Waals surface area contributed by atoms with Crippen LogP contribution in [0.25, 0.3) is 5.65 Å². The van der Waals surface area contributed by atoms with Gasteiger partial charge in [-0.3, -0.25) is 4.79 Å². The fourth-order valence-corrected chi connectivity index (χ4v) is 5.21. The first-order chi connectivity index (χ1) is 15.4. The topological polar surface area (TPSA) is 79.8 Å². The molecule has 2 fully saturated rings. The average molecular weight is 453 g/mol. The average Bonchev–Trinajstić information content (AvgIpc) is 3.38. The lowest BCUT2D eigenvalue weighted by Gasteiger charge is -2.35. The Labute approximate surface area is 193 Å². The van der Waals surface area contributed by atoms with Crippen LogP contribution in [0, 0.1) is 13.8 Å². The SMILES string of the molecule is Cc1cc(Cl)ccc1C(=O)N1CCCCC1c1cc2nc(N3CCC(N)C3)c(C)cn2n1. The molecule has 2 aliphatic rings. The number of halogens is 1. The van der Waals surface area contributed by atoms with Gasteiger partial charge in [0.25, 0.3) is 5.91 Å². The molecule has 2 N–H and O–H groups in total. The minimum atomic E-state index is -0.0583. The number of hydrogen-bond donors (Lipinski definition) is 1. The quantitative estimate of drug-likeness (QED) is 0.651. The summed E-state index contributed by atoms with van der Waals surface area (Å²) in [6, 6.07) is 7.63. The number of rotatable bonds is 3. The molecule has 7 nitrogen and oxygen atoms in total. The van der Waals surface area contributed by atoms with E-state index in [9.17, 15) is 4.79 Å². The highest BCUT2D eigenvalue weighted by atomic mass is 35.5. The van der Waals surface area contributed by atoms with Crippen LogP contribution in [0.1, 0.15) is 58.9 Å². The van der Waals surface area contributed by atoms with E-state index >= 15 is 0 Å². The first-order valence-corrected chi connectivity index (χ1v) is 11.7. The molecule has 32 heavy (non-hydrogen) atoms. The normalized spacial score (nSPS) is 21.5. The number of likely N-dealkylation sites (tertiary alicyclic amines) is 1. The van der Waals surface area contributed by atoms with Crippen molar-refractivity contribution in [2.75, 3.05) is 24.5 Å². The van der Waals surface area contributed by atoms with Crippen molar-refractivity contribution < 1.29 is 4.79 Å². The van der Waals surface area contributed by atoms with Crippen LogP contribution in [0.15, 0.2) is 30.5 Å². The van der Waals surface area contributed by atoms with Gasteiger partial charge in [0, 0.05) is 54.1 Å². The summed E-state index contributed by atoms with van der Waals surface area (Å²) in [7, 11) is 0. The van der Waals surface area contributed by atoms with Gasteiger partial charge in [-0.1, -0.05) is 11.6 Å². The number of hydrogen-bond acceptors (Lipinski definition) is 5. The summed E-state index contributed by atoms with van der Waals surface area (Å²) in [6.07, 6.45) is 5.99. The van der Waals surface area contributed by atoms with Crippen LogP contribution in [0.5, 0.6) is 0 Å². The molecule has 5 rings (SSSR count). The second-order valence-electron chi connectivity index (χ2n) is 9.08. The van der Waals surface area contributed by atoms with Gasteiger partial charge in [0.1, 0.15) is 5.82 Å². The van der Waals surface area contributed by atoms with Crippen molar-refractivity contribution in [3.05, 3.63) is 57.9 Å². The van der Waals surface area contributed by atoms with Crippen LogP contribution in [-0.2, 0) is 0 Å². The molecular formula is C24H29ClN6O. The molecular weight excluding hydrogens is 424 g/mol. The number of aryl methyl sites for hydroxylation is 2. The second kappa shape index (κ2) is 8.37. The zero-order chi connectivity index (χ0) is 22.4. The zero-order valence-corrected chi connectivity index (χ0v) is 19.3. The Kier molecular flexibility index (Phi) is 5.55. The molecule has 0 saturated carbocycles. The van der Waals surface area contributed by atoms with Gasteiger partial charge in [-0.25, -0.2) is 9.50 Å². The lowest BCUT2D eigenvalue weighted by Crippen LogP contribution is -2.39. The third-order valence-corrected chi connectivity index (χ3v) is 6.91. The van der Waals surface area contributed by atoms with E-state index in [2.05, 4.69) is 11.8 Å². The Hall–Kier alpha value is -2.64. The Morgan fingerprint density at radius 1 is 1.12 bits per heavy atom. The third-order valence-electron chi connectivity index (χ3n) is 6.67. The number of carbonyl (C=O) groups excluding carboxylic acids is 1. The number of nitrogens with two attached hydrogens (primary N) is 1. The monoisotopic (exact) mass is 452 g/mol. The third kappa shape index (κ3) is 3.84. The molecule has 2 aliphatic heterocycles. The van der Waals surface area contributed by atoms with Crippen molar-refractivity contribution in [1.29, 1.82) is 0 Å². The highest BCUT2D eigenvalue weighted by molar-refractivity contribution is 6.30. The summed E-state index contributed by atoms with van der Waals surface area (Å²) < 4.78 is 1.84. The highest BCUT2D eigenvalue weighted by Crippen LogP contribution is 2.33. The van der Waals surface area contributed by atoms with Crippen molar-refractivity contribution in [1.82, 2.24) is 19.5 Å². The molecule has 168 valence electrons. The van der Waals surface area contributed by atoms with Gasteiger partial charge >= 0.3 is 0 Å². The van der Waals surface area contributed by atoms with Crippen molar-refractivity contribution in [3.63, 3.8) is 0 Å². The van der Waals surface area contributed by atoms with Crippen LogP contribution in [0.4, 0.5) is 5.82 Å². The molecule has 2 aromatic heterocycles. The fourth-order valence-electron chi connectivity index (χ4n) is 4.99. The van der Waals surface area contributed by atoms with Crippen molar-refractivity contribution >= 4 is 29.0 Å². The van der Waals surface area contributed by atoms with Crippen LogP contribution in [0.3, 0.4) is 0 Å². The molecule has 3 aromatic rings. The molecule has 2 unspecified atom stereocenters. The smallest absolute Gasteiger partial charge is 0.254 e. The number of piperidine rings is 1. The molecule has 1 amide bonds. The Bertz CT molecular complexity index is 1170. The molecule has 1 aromatic carbocycles. The van der Waals surface area contributed by atoms with E-state index < -0.39 is 0 Å². The highest BCUT2D eigenvalue weighted by Gasteiger charge is 2.31. The van der Waals surface area contributed by atoms with Crippen LogP contribution < -0.4 is 10.6 Å². The van der Waals surface area contributed by atoms with Crippen LogP contribution in [0.2, 0.25) is 5.02 Å². The van der Waals surface area contributed by atoms with Crippen LogP contribution >= 0.6 is 11.6 Å². The van der Waals surface area contributed by atoms with E-state index in [0.29, 0.717) is 10.6 Å². The maximum absolute atomic E-state index is 13.5. The molecule has 8 heteroatoms. The molecule has 2 atom stereocenters. The van der Waals surface area contributed by atoms with Crippen LogP contribution in [-0.4, -0.2) is 51.1 Å². The first kappa shape index (κ1) is 21.2. The zero-order valence-electron chi connectivity index (χ0n) is 18.6. The van der Waals surface area contributed by atoms with E-state index in [1.807, 2.05) is 40.7 Å². The number of anilines is 1. The van der Waals surface area contributed by atoms with E-state index in [-0.39, 0.29) is 18.0 Å². The summed E-state index contributed by atoms with van der Waals surface area (Å²) >= 11 is 6.10. The standard InChI is InChI=1S/C24H29ClN6O/c1-15-11-17(25)6-7-19(15)24(32)30-9-4-3-5-21(30)20-12-22-27-23(16(2)13-31(22)28-20)29-10-8-18(26)14-29/h6-7,11-13,18,21H,3-5,8-10,14,26H2,1-2H3. The van der Waals surface area contributed by atoms with Gasteiger partial charge in [-0.15, -0.1) is 0 Å². The summed E-state index contributed by atoms with van der Waals surface area (Å²) in [5, 5.41) is 5.48. The Morgan fingerprint density at radius 2 is 1.97 bits per heavy atom. The lowest BCUT2D eigenvalue weighted by atomic mass is 9.97. The van der Waals surface area contributed by atoms with Gasteiger partial charge in [0.05, 0.1) is 11.7 Å². The largest absolute Gasteiger partial charge is 0.355 e. The number of aromatic nitrogens is 3. The summed E-state index contributed by atoms with van der Waals surface area (Å²) in [6.45, 7) is 6.48. The van der Waals surface area contributed by atoms with Gasteiger partial charge in [-0.05, 0) is 63.3 Å². The van der Waals surface area contributed by atoms with E-state index in [1.54, 1.807) is 6.07 Å². The number of benzene rings is 1. The maximum atomic E-state index is 13.5. The van der Waals surface area contributed by atoms with E-state index in [4.69, 9.17) is 27.4 Å². The Morgan fingerprint density at radius 3 is 2.72 bits per heavy atom. The molecule has 0 radical (unpaired) electrons.